The number of carbonyl (C=O) groups is 2. The molecule has 0 fully saturated rings. The fourth-order valence-corrected chi connectivity index (χ4v) is 2.14. The zero-order chi connectivity index (χ0) is 18.9. The van der Waals surface area contributed by atoms with Crippen molar-refractivity contribution in [3.63, 3.8) is 0 Å². The maximum absolute atomic E-state index is 12.3. The normalized spacial score (nSPS) is 10.9. The summed E-state index contributed by atoms with van der Waals surface area (Å²) in [5.74, 6) is -1.20. The Kier molecular flexibility index (Phi) is 6.58. The second-order valence-electron chi connectivity index (χ2n) is 5.17. The summed E-state index contributed by atoms with van der Waals surface area (Å²) in [4.78, 5) is 35.2. The van der Waals surface area contributed by atoms with Gasteiger partial charge in [-0.1, -0.05) is 30.3 Å². The van der Waals surface area contributed by atoms with Crippen molar-refractivity contribution in [2.45, 2.75) is 0 Å². The monoisotopic (exact) mass is 355 g/mol. The van der Waals surface area contributed by atoms with Crippen LogP contribution in [0.1, 0.15) is 15.9 Å². The van der Waals surface area contributed by atoms with E-state index in [0.717, 1.165) is 0 Å². The first-order chi connectivity index (χ1) is 12.5. The summed E-state index contributed by atoms with van der Waals surface area (Å²) < 4.78 is 0. The number of nitrogens with zero attached hydrogens (tertiary/aromatic N) is 1. The zero-order valence-electron chi connectivity index (χ0n) is 13.7. The molecule has 134 valence electrons. The topological polar surface area (TPSA) is 122 Å². The molecule has 3 N–H and O–H groups in total. The third kappa shape index (κ3) is 4.99. The molecular weight excluding hydrogens is 338 g/mol. The Bertz CT molecular complexity index is 834. The lowest BCUT2D eigenvalue weighted by Gasteiger charge is -2.10. The molecule has 0 bridgehead atoms. The number of rotatable bonds is 7. The standard InChI is InChI=1S/C18H17N3O5/c22-11-10-19-18(24)15(20-17(23)13-6-2-1-3-7-13)12-14-8-4-5-9-16(14)21(25)26/h1-9,12,22H,10-11H2,(H,19,24)(H,20,23). The first-order valence-corrected chi connectivity index (χ1v) is 7.73. The summed E-state index contributed by atoms with van der Waals surface area (Å²) in [7, 11) is 0. The van der Waals surface area contributed by atoms with E-state index in [2.05, 4.69) is 10.6 Å². The van der Waals surface area contributed by atoms with Crippen LogP contribution in [0.4, 0.5) is 5.69 Å². The minimum atomic E-state index is -0.665. The lowest BCUT2D eigenvalue weighted by molar-refractivity contribution is -0.385. The van der Waals surface area contributed by atoms with Gasteiger partial charge in [0.2, 0.25) is 0 Å². The maximum atomic E-state index is 12.3. The molecule has 8 heteroatoms. The van der Waals surface area contributed by atoms with Crippen molar-refractivity contribution in [2.75, 3.05) is 13.2 Å². The van der Waals surface area contributed by atoms with Crippen molar-refractivity contribution in [1.29, 1.82) is 0 Å². The number of aliphatic hydroxyl groups is 1. The molecule has 2 aromatic carbocycles. The molecule has 8 nitrogen and oxygen atoms in total. The third-order valence-corrected chi connectivity index (χ3v) is 3.36. The Labute approximate surface area is 149 Å². The second-order valence-corrected chi connectivity index (χ2v) is 5.17. The average Bonchev–Trinajstić information content (AvgIpc) is 2.66. The Balaban J connectivity index is 2.36. The van der Waals surface area contributed by atoms with Gasteiger partial charge in [0.05, 0.1) is 17.1 Å². The summed E-state index contributed by atoms with van der Waals surface area (Å²) in [5, 5.41) is 24.9. The molecule has 0 heterocycles. The van der Waals surface area contributed by atoms with Crippen LogP contribution >= 0.6 is 0 Å². The van der Waals surface area contributed by atoms with E-state index in [1.807, 2.05) is 0 Å². The number of nitrogens with one attached hydrogen (secondary N) is 2. The summed E-state index contributed by atoms with van der Waals surface area (Å²) in [5.41, 5.74) is 0.131. The number of benzene rings is 2. The number of hydrogen-bond donors (Lipinski definition) is 3. The molecule has 0 aliphatic carbocycles. The van der Waals surface area contributed by atoms with Crippen LogP contribution in [-0.2, 0) is 4.79 Å². The van der Waals surface area contributed by atoms with Crippen molar-refractivity contribution < 1.29 is 19.6 Å². The highest BCUT2D eigenvalue weighted by Crippen LogP contribution is 2.20. The number of para-hydroxylation sites is 1. The van der Waals surface area contributed by atoms with E-state index in [-0.39, 0.29) is 30.1 Å². The molecule has 0 aliphatic heterocycles. The predicted octanol–water partition coefficient (Wildman–Crippen LogP) is 1.47. The molecule has 0 radical (unpaired) electrons. The Morgan fingerprint density at radius 3 is 2.38 bits per heavy atom. The predicted molar refractivity (Wildman–Crippen MR) is 95.1 cm³/mol. The quantitative estimate of drug-likeness (QED) is 0.394. The van der Waals surface area contributed by atoms with E-state index in [1.165, 1.54) is 24.3 Å². The molecule has 0 aliphatic rings. The Morgan fingerprint density at radius 2 is 1.73 bits per heavy atom. The molecule has 0 unspecified atom stereocenters. The summed E-state index contributed by atoms with van der Waals surface area (Å²) >= 11 is 0. The van der Waals surface area contributed by atoms with Gasteiger partial charge in [0.15, 0.2) is 0 Å². The highest BCUT2D eigenvalue weighted by Gasteiger charge is 2.17. The van der Waals surface area contributed by atoms with Gasteiger partial charge >= 0.3 is 0 Å². The number of nitro benzene ring substituents is 1. The summed E-state index contributed by atoms with van der Waals surface area (Å²) in [6.07, 6.45) is 1.23. The van der Waals surface area contributed by atoms with E-state index < -0.39 is 16.7 Å². The van der Waals surface area contributed by atoms with E-state index in [9.17, 15) is 19.7 Å². The number of amides is 2. The number of hydrogen-bond acceptors (Lipinski definition) is 5. The van der Waals surface area contributed by atoms with Crippen LogP contribution in [0.5, 0.6) is 0 Å². The van der Waals surface area contributed by atoms with Gasteiger partial charge in [-0.2, -0.15) is 0 Å². The van der Waals surface area contributed by atoms with E-state index in [4.69, 9.17) is 5.11 Å². The Hall–Kier alpha value is -3.52. The summed E-state index contributed by atoms with van der Waals surface area (Å²) in [6.45, 7) is -0.300. The SMILES string of the molecule is O=C(NCCO)C(=Cc1ccccc1[N+](=O)[O-])NC(=O)c1ccccc1. The van der Waals surface area contributed by atoms with Gasteiger partial charge in [-0.25, -0.2) is 0 Å². The maximum Gasteiger partial charge on any atom is 0.276 e. The molecule has 0 saturated heterocycles. The van der Waals surface area contributed by atoms with Crippen LogP contribution < -0.4 is 10.6 Å². The van der Waals surface area contributed by atoms with Gasteiger partial charge < -0.3 is 15.7 Å². The highest BCUT2D eigenvalue weighted by atomic mass is 16.6. The lowest BCUT2D eigenvalue weighted by Crippen LogP contribution is -2.36. The molecular formula is C18H17N3O5. The largest absolute Gasteiger partial charge is 0.395 e. The molecule has 0 spiro atoms. The first kappa shape index (κ1) is 18.8. The lowest BCUT2D eigenvalue weighted by atomic mass is 10.1. The second kappa shape index (κ2) is 9.09. The zero-order valence-corrected chi connectivity index (χ0v) is 13.7. The number of aliphatic hydroxyl groups excluding tert-OH is 1. The van der Waals surface area contributed by atoms with Crippen LogP contribution in [0.3, 0.4) is 0 Å². The number of nitro groups is 1. The van der Waals surface area contributed by atoms with Crippen LogP contribution in [0.2, 0.25) is 0 Å². The first-order valence-electron chi connectivity index (χ1n) is 7.73. The van der Waals surface area contributed by atoms with Crippen molar-refractivity contribution in [3.8, 4) is 0 Å². The molecule has 0 atom stereocenters. The minimum Gasteiger partial charge on any atom is -0.395 e. The molecule has 2 rings (SSSR count). The fourth-order valence-electron chi connectivity index (χ4n) is 2.14. The number of carbonyl (C=O) groups excluding carboxylic acids is 2. The summed E-state index contributed by atoms with van der Waals surface area (Å²) in [6, 6.07) is 14.1. The van der Waals surface area contributed by atoms with E-state index >= 15 is 0 Å². The van der Waals surface area contributed by atoms with Crippen molar-refractivity contribution in [1.82, 2.24) is 10.6 Å². The van der Waals surface area contributed by atoms with Crippen molar-refractivity contribution in [3.05, 3.63) is 81.5 Å². The molecule has 0 aromatic heterocycles. The third-order valence-electron chi connectivity index (χ3n) is 3.36. The van der Waals surface area contributed by atoms with Gasteiger partial charge in [-0.05, 0) is 24.3 Å². The van der Waals surface area contributed by atoms with Gasteiger partial charge in [-0.3, -0.25) is 19.7 Å². The minimum absolute atomic E-state index is 0.0196. The molecule has 26 heavy (non-hydrogen) atoms. The molecule has 2 aromatic rings. The van der Waals surface area contributed by atoms with Gasteiger partial charge in [0.1, 0.15) is 5.70 Å². The van der Waals surface area contributed by atoms with Gasteiger partial charge in [-0.15, -0.1) is 0 Å². The highest BCUT2D eigenvalue weighted by molar-refractivity contribution is 6.05. The Morgan fingerprint density at radius 1 is 1.08 bits per heavy atom. The smallest absolute Gasteiger partial charge is 0.276 e. The van der Waals surface area contributed by atoms with Crippen LogP contribution in [0.25, 0.3) is 6.08 Å². The van der Waals surface area contributed by atoms with Crippen LogP contribution in [0, 0.1) is 10.1 Å². The van der Waals surface area contributed by atoms with Crippen molar-refractivity contribution >= 4 is 23.6 Å². The van der Waals surface area contributed by atoms with Crippen LogP contribution in [0.15, 0.2) is 60.3 Å². The fraction of sp³-hybridized carbons (Fsp3) is 0.111. The van der Waals surface area contributed by atoms with Crippen molar-refractivity contribution in [2.24, 2.45) is 0 Å². The molecule has 0 saturated carbocycles. The van der Waals surface area contributed by atoms with E-state index in [0.29, 0.717) is 5.56 Å². The average molecular weight is 355 g/mol. The van der Waals surface area contributed by atoms with Crippen LogP contribution in [-0.4, -0.2) is 35.0 Å². The van der Waals surface area contributed by atoms with Gasteiger partial charge in [0.25, 0.3) is 17.5 Å². The molecule has 2 amide bonds. The van der Waals surface area contributed by atoms with E-state index in [1.54, 1.807) is 36.4 Å². The van der Waals surface area contributed by atoms with Gasteiger partial charge in [0, 0.05) is 18.2 Å².